The molecule has 1 amide bonds. The molecular weight excluding hydrogens is 385 g/mol. The maximum Gasteiger partial charge on any atom is 0.425 e. The van der Waals surface area contributed by atoms with Crippen LogP contribution in [0.15, 0.2) is 17.3 Å². The average Bonchev–Trinajstić information content (AvgIpc) is 3.53. The maximum atomic E-state index is 13.0. The molecule has 9 heteroatoms. The summed E-state index contributed by atoms with van der Waals surface area (Å²) < 4.78 is 44.2. The molecule has 0 radical (unpaired) electrons. The number of halogens is 3. The lowest BCUT2D eigenvalue weighted by Gasteiger charge is -2.25. The minimum atomic E-state index is -4.47. The molecular formula is C20H27F3N4O2. The van der Waals surface area contributed by atoms with E-state index in [0.29, 0.717) is 5.56 Å². The van der Waals surface area contributed by atoms with Crippen LogP contribution in [0.25, 0.3) is 0 Å². The zero-order chi connectivity index (χ0) is 21.4. The molecule has 2 fully saturated rings. The molecule has 2 aliphatic carbocycles. The van der Waals surface area contributed by atoms with Gasteiger partial charge in [-0.05, 0) is 51.4 Å². The van der Waals surface area contributed by atoms with Crippen molar-refractivity contribution in [2.75, 3.05) is 7.05 Å². The number of nitrogens with one attached hydrogen (secondary N) is 1. The summed E-state index contributed by atoms with van der Waals surface area (Å²) in [6, 6.07) is 1.43. The molecule has 3 rings (SSSR count). The molecule has 0 saturated heterocycles. The zero-order valence-electron chi connectivity index (χ0n) is 16.8. The molecule has 2 aliphatic rings. The normalized spacial score (nSPS) is 20.7. The molecule has 3 N–H and O–H groups in total. The van der Waals surface area contributed by atoms with E-state index in [1.54, 1.807) is 7.05 Å². The second-order valence-corrected chi connectivity index (χ2v) is 8.16. The summed E-state index contributed by atoms with van der Waals surface area (Å²) in [5, 5.41) is 2.60. The molecule has 0 spiro atoms. The molecule has 2 saturated carbocycles. The highest BCUT2D eigenvalue weighted by atomic mass is 19.4. The Labute approximate surface area is 168 Å². The van der Waals surface area contributed by atoms with Crippen molar-refractivity contribution in [3.05, 3.63) is 23.5 Å². The van der Waals surface area contributed by atoms with Crippen LogP contribution in [-0.2, 0) is 4.79 Å². The Morgan fingerprint density at radius 3 is 2.55 bits per heavy atom. The summed E-state index contributed by atoms with van der Waals surface area (Å²) in [5.41, 5.74) is 6.40. The highest BCUT2D eigenvalue weighted by molar-refractivity contribution is 5.96. The lowest BCUT2D eigenvalue weighted by molar-refractivity contribution is -0.189. The van der Waals surface area contributed by atoms with Gasteiger partial charge in [0, 0.05) is 24.9 Å². The van der Waals surface area contributed by atoms with Crippen molar-refractivity contribution >= 4 is 11.7 Å². The van der Waals surface area contributed by atoms with E-state index >= 15 is 0 Å². The Hall–Kier alpha value is -2.32. The topological polar surface area (TPSA) is 89.6 Å². The number of pyridine rings is 1. The number of rotatable bonds is 8. The van der Waals surface area contributed by atoms with Gasteiger partial charge in [-0.1, -0.05) is 0 Å². The number of aromatic nitrogens is 1. The fourth-order valence-corrected chi connectivity index (χ4v) is 3.37. The van der Waals surface area contributed by atoms with Crippen LogP contribution in [0.3, 0.4) is 0 Å². The Morgan fingerprint density at radius 1 is 1.38 bits per heavy atom. The summed E-state index contributed by atoms with van der Waals surface area (Å²) >= 11 is 0. The molecule has 1 aromatic rings. The summed E-state index contributed by atoms with van der Waals surface area (Å²) in [7, 11) is 1.56. The summed E-state index contributed by atoms with van der Waals surface area (Å²) in [4.78, 5) is 20.8. The first kappa shape index (κ1) is 21.4. The first-order valence-electron chi connectivity index (χ1n) is 9.83. The molecule has 6 nitrogen and oxygen atoms in total. The van der Waals surface area contributed by atoms with Gasteiger partial charge in [0.1, 0.15) is 17.3 Å². The quantitative estimate of drug-likeness (QED) is 0.506. The Kier molecular flexibility index (Phi) is 5.78. The predicted octanol–water partition coefficient (Wildman–Crippen LogP) is 3.30. The highest BCUT2D eigenvalue weighted by Crippen LogP contribution is 2.46. The molecule has 2 atom stereocenters. The Bertz CT molecular complexity index is 803. The lowest BCUT2D eigenvalue weighted by atomic mass is 9.92. The van der Waals surface area contributed by atoms with Crippen molar-refractivity contribution in [1.29, 1.82) is 0 Å². The standard InChI is InChI=1S/C20H27F3N4O2/c1-11(20(21,22)23)29-16-8-15(26-10-14(16)12-4-5-12)18(24)27-19(2,13-6-7-13)9-17(28)25-3/h8,10-13H,4-7,9H2,1-3H3,(H2,24,27)(H,25,28)/t11-,19?/m0/s1. The number of nitrogens with zero attached hydrogens (tertiary/aromatic N) is 2. The summed E-state index contributed by atoms with van der Waals surface area (Å²) in [6.45, 7) is 2.84. The van der Waals surface area contributed by atoms with Crippen LogP contribution in [0.1, 0.15) is 63.1 Å². The van der Waals surface area contributed by atoms with E-state index < -0.39 is 17.8 Å². The smallest absolute Gasteiger partial charge is 0.425 e. The van der Waals surface area contributed by atoms with E-state index in [-0.39, 0.29) is 41.4 Å². The molecule has 0 bridgehead atoms. The van der Waals surface area contributed by atoms with Crippen molar-refractivity contribution in [1.82, 2.24) is 10.3 Å². The van der Waals surface area contributed by atoms with Gasteiger partial charge in [-0.3, -0.25) is 14.8 Å². The van der Waals surface area contributed by atoms with Crippen LogP contribution in [0.5, 0.6) is 5.75 Å². The molecule has 0 aromatic carbocycles. The number of carbonyl (C=O) groups excluding carboxylic acids is 1. The molecule has 29 heavy (non-hydrogen) atoms. The molecule has 1 aromatic heterocycles. The highest BCUT2D eigenvalue weighted by Gasteiger charge is 2.43. The van der Waals surface area contributed by atoms with Gasteiger partial charge >= 0.3 is 6.18 Å². The molecule has 0 aliphatic heterocycles. The largest absolute Gasteiger partial charge is 0.481 e. The molecule has 1 unspecified atom stereocenters. The third-order valence-corrected chi connectivity index (χ3v) is 5.57. The van der Waals surface area contributed by atoms with Crippen molar-refractivity contribution in [2.45, 2.75) is 69.7 Å². The molecule has 160 valence electrons. The van der Waals surface area contributed by atoms with Crippen LogP contribution in [0, 0.1) is 5.92 Å². The van der Waals surface area contributed by atoms with E-state index in [1.165, 1.54) is 12.3 Å². The maximum absolute atomic E-state index is 13.0. The van der Waals surface area contributed by atoms with E-state index in [1.807, 2.05) is 6.92 Å². The third kappa shape index (κ3) is 5.19. The number of amidine groups is 1. The fourth-order valence-electron chi connectivity index (χ4n) is 3.37. The lowest BCUT2D eigenvalue weighted by Crippen LogP contribution is -2.36. The van der Waals surface area contributed by atoms with Crippen molar-refractivity contribution < 1.29 is 22.7 Å². The number of hydrogen-bond donors (Lipinski definition) is 2. The Balaban J connectivity index is 1.90. The van der Waals surface area contributed by atoms with E-state index in [4.69, 9.17) is 10.5 Å². The number of hydrogen-bond acceptors (Lipinski definition) is 4. The predicted molar refractivity (Wildman–Crippen MR) is 103 cm³/mol. The second-order valence-electron chi connectivity index (χ2n) is 8.16. The number of alkyl halides is 3. The fraction of sp³-hybridized carbons (Fsp3) is 0.650. The van der Waals surface area contributed by atoms with Gasteiger partial charge in [-0.25, -0.2) is 0 Å². The number of ether oxygens (including phenoxy) is 1. The SMILES string of the molecule is CNC(=O)CC(C)(N=C(N)c1cc(O[C@@H](C)C(F)(F)F)c(C2CC2)cn1)C1CC1. The van der Waals surface area contributed by atoms with Crippen molar-refractivity contribution in [3.63, 3.8) is 0 Å². The van der Waals surface area contributed by atoms with Crippen LogP contribution in [0.4, 0.5) is 13.2 Å². The van der Waals surface area contributed by atoms with Crippen molar-refractivity contribution in [3.8, 4) is 5.75 Å². The minimum absolute atomic E-state index is 0.0927. The van der Waals surface area contributed by atoms with Gasteiger partial charge in [-0.15, -0.1) is 0 Å². The van der Waals surface area contributed by atoms with Crippen LogP contribution < -0.4 is 15.8 Å². The van der Waals surface area contributed by atoms with Gasteiger partial charge in [-0.2, -0.15) is 13.2 Å². The van der Waals surface area contributed by atoms with E-state index in [2.05, 4.69) is 15.3 Å². The first-order valence-corrected chi connectivity index (χ1v) is 9.83. The minimum Gasteiger partial charge on any atom is -0.481 e. The number of carbonyl (C=O) groups is 1. The average molecular weight is 412 g/mol. The van der Waals surface area contributed by atoms with E-state index in [9.17, 15) is 18.0 Å². The summed E-state index contributed by atoms with van der Waals surface area (Å²) in [5.74, 6) is 0.492. The van der Waals surface area contributed by atoms with Gasteiger partial charge in [0.2, 0.25) is 5.91 Å². The van der Waals surface area contributed by atoms with Gasteiger partial charge < -0.3 is 15.8 Å². The van der Waals surface area contributed by atoms with Gasteiger partial charge in [0.25, 0.3) is 0 Å². The summed E-state index contributed by atoms with van der Waals surface area (Å²) in [6.07, 6.45) is -1.00. The zero-order valence-corrected chi connectivity index (χ0v) is 16.8. The number of aliphatic imine (C=N–C) groups is 1. The number of amides is 1. The third-order valence-electron chi connectivity index (χ3n) is 5.57. The van der Waals surface area contributed by atoms with Crippen LogP contribution in [-0.4, -0.2) is 41.6 Å². The van der Waals surface area contributed by atoms with Crippen LogP contribution >= 0.6 is 0 Å². The van der Waals surface area contributed by atoms with Crippen LogP contribution in [0.2, 0.25) is 0 Å². The first-order chi connectivity index (χ1) is 13.5. The molecule has 1 heterocycles. The van der Waals surface area contributed by atoms with E-state index in [0.717, 1.165) is 32.6 Å². The van der Waals surface area contributed by atoms with Crippen molar-refractivity contribution in [2.24, 2.45) is 16.6 Å². The monoisotopic (exact) mass is 412 g/mol. The van der Waals surface area contributed by atoms with Gasteiger partial charge in [0.15, 0.2) is 6.10 Å². The number of nitrogens with two attached hydrogens (primary N) is 1. The second kappa shape index (κ2) is 7.84. The Morgan fingerprint density at radius 2 is 2.03 bits per heavy atom. The van der Waals surface area contributed by atoms with Gasteiger partial charge in [0.05, 0.1) is 12.0 Å².